The number of aliphatic hydroxyl groups is 2. The van der Waals surface area contributed by atoms with Crippen LogP contribution in [0.25, 0.3) is 0 Å². The van der Waals surface area contributed by atoms with Crippen molar-refractivity contribution in [2.45, 2.75) is 121 Å². The molecule has 2 aliphatic rings. The molecule has 0 aliphatic carbocycles. The van der Waals surface area contributed by atoms with Crippen molar-refractivity contribution in [3.05, 3.63) is 214 Å². The molecule has 6 aromatic rings. The molecule has 6 nitrogen and oxygen atoms in total. The van der Waals surface area contributed by atoms with Crippen LogP contribution in [0.5, 0.6) is 0 Å². The van der Waals surface area contributed by atoms with E-state index in [4.69, 9.17) is 5.73 Å². The Hall–Kier alpha value is -5.21. The smallest absolute Gasteiger partial charge is 0.162 e. The molecule has 70 heavy (non-hydrogen) atoms. The maximum atomic E-state index is 12.7. The molecule has 8 rings (SSSR count). The van der Waals surface area contributed by atoms with Crippen LogP contribution < -0.4 is 5.73 Å². The fraction of sp³-hybridized carbons (Fsp3) is 0.422. The number of benzene rings is 6. The topological polar surface area (TPSA) is 90.0 Å². The monoisotopic (exact) mass is 940 g/mol. The first-order valence-corrected chi connectivity index (χ1v) is 26.2. The Morgan fingerprint density at radius 2 is 0.814 bits per heavy atom. The van der Waals surface area contributed by atoms with Gasteiger partial charge in [-0.1, -0.05) is 211 Å². The summed E-state index contributed by atoms with van der Waals surface area (Å²) in [5.41, 5.74) is 13.4. The zero-order valence-electron chi connectivity index (χ0n) is 43.1. The van der Waals surface area contributed by atoms with E-state index < -0.39 is 11.2 Å². The van der Waals surface area contributed by atoms with Gasteiger partial charge in [-0.3, -0.25) is 4.79 Å². The largest absolute Gasteiger partial charge is 0.380 e. The SMILES string of the molecule is CC(C)(C)c1ccc(C(=O)CCCN2CCC(C(O)(c3ccccc3)c3ccccc3)CC2)cc1.CC(C)(C)c1ccc(C(N)CCCN2CCC(C(O)(c3ccccc3)c3ccccc3)CC2)cc1. The minimum atomic E-state index is -0.982. The molecule has 0 aromatic heterocycles. The highest BCUT2D eigenvalue weighted by molar-refractivity contribution is 5.96. The van der Waals surface area contributed by atoms with Crippen molar-refractivity contribution in [2.24, 2.45) is 17.6 Å². The number of hydrogen-bond donors (Lipinski definition) is 3. The van der Waals surface area contributed by atoms with E-state index >= 15 is 0 Å². The van der Waals surface area contributed by atoms with Crippen LogP contribution in [-0.4, -0.2) is 65.1 Å². The lowest BCUT2D eigenvalue weighted by Gasteiger charge is -2.42. The van der Waals surface area contributed by atoms with Gasteiger partial charge in [0.05, 0.1) is 0 Å². The lowest BCUT2D eigenvalue weighted by atomic mass is 9.72. The first kappa shape index (κ1) is 52.6. The minimum absolute atomic E-state index is 0.0859. The van der Waals surface area contributed by atoms with Crippen molar-refractivity contribution in [1.82, 2.24) is 9.80 Å². The molecule has 370 valence electrons. The average Bonchev–Trinajstić information content (AvgIpc) is 3.39. The van der Waals surface area contributed by atoms with Gasteiger partial charge >= 0.3 is 0 Å². The van der Waals surface area contributed by atoms with Gasteiger partial charge in [-0.2, -0.15) is 0 Å². The van der Waals surface area contributed by atoms with E-state index in [9.17, 15) is 15.0 Å². The molecule has 4 N–H and O–H groups in total. The minimum Gasteiger partial charge on any atom is -0.380 e. The average molecular weight is 940 g/mol. The van der Waals surface area contributed by atoms with Gasteiger partial charge in [-0.15, -0.1) is 0 Å². The number of carbonyl (C=O) groups is 1. The van der Waals surface area contributed by atoms with Crippen LogP contribution in [0.3, 0.4) is 0 Å². The van der Waals surface area contributed by atoms with Gasteiger partial charge in [-0.25, -0.2) is 0 Å². The van der Waals surface area contributed by atoms with Gasteiger partial charge in [0.1, 0.15) is 11.2 Å². The summed E-state index contributed by atoms with van der Waals surface area (Å²) >= 11 is 0. The van der Waals surface area contributed by atoms with Crippen molar-refractivity contribution in [1.29, 1.82) is 0 Å². The molecule has 0 saturated carbocycles. The molecule has 1 atom stereocenters. The molecule has 2 aliphatic heterocycles. The summed E-state index contributed by atoms with van der Waals surface area (Å²) in [4.78, 5) is 17.7. The van der Waals surface area contributed by atoms with Crippen LogP contribution >= 0.6 is 0 Å². The van der Waals surface area contributed by atoms with Crippen molar-refractivity contribution in [3.8, 4) is 0 Å². The molecule has 1 unspecified atom stereocenters. The van der Waals surface area contributed by atoms with E-state index in [0.29, 0.717) is 6.42 Å². The summed E-state index contributed by atoms with van der Waals surface area (Å²) < 4.78 is 0. The lowest BCUT2D eigenvalue weighted by Crippen LogP contribution is -2.44. The Kier molecular flexibility index (Phi) is 17.9. The third-order valence-corrected chi connectivity index (χ3v) is 15.4. The Morgan fingerprint density at radius 1 is 0.486 bits per heavy atom. The zero-order chi connectivity index (χ0) is 49.8. The molecule has 2 heterocycles. The highest BCUT2D eigenvalue weighted by atomic mass is 16.3. The van der Waals surface area contributed by atoms with E-state index in [-0.39, 0.29) is 34.5 Å². The Balaban J connectivity index is 0.000000206. The van der Waals surface area contributed by atoms with Gasteiger partial charge in [0.25, 0.3) is 0 Å². The number of likely N-dealkylation sites (tertiary alicyclic amines) is 2. The van der Waals surface area contributed by atoms with Crippen molar-refractivity contribution >= 4 is 5.78 Å². The van der Waals surface area contributed by atoms with Crippen LogP contribution in [0.2, 0.25) is 0 Å². The van der Waals surface area contributed by atoms with E-state index in [2.05, 4.69) is 112 Å². The third-order valence-electron chi connectivity index (χ3n) is 15.4. The second-order valence-electron chi connectivity index (χ2n) is 22.2. The Labute approximate surface area is 421 Å². The number of nitrogens with two attached hydrogens (primary N) is 1. The quantitative estimate of drug-likeness (QED) is 0.0838. The fourth-order valence-corrected chi connectivity index (χ4v) is 10.9. The predicted molar refractivity (Wildman–Crippen MR) is 290 cm³/mol. The molecule has 0 radical (unpaired) electrons. The van der Waals surface area contributed by atoms with Crippen LogP contribution in [0.1, 0.15) is 148 Å². The second-order valence-corrected chi connectivity index (χ2v) is 22.2. The molecular weight excluding hydrogens is 859 g/mol. The van der Waals surface area contributed by atoms with Crippen LogP contribution in [0.15, 0.2) is 170 Å². The Morgan fingerprint density at radius 3 is 1.16 bits per heavy atom. The summed E-state index contributed by atoms with van der Waals surface area (Å²) in [6.07, 6.45) is 7.37. The molecule has 0 amide bonds. The van der Waals surface area contributed by atoms with Crippen LogP contribution in [0.4, 0.5) is 0 Å². The van der Waals surface area contributed by atoms with Gasteiger partial charge in [0.2, 0.25) is 0 Å². The molecule has 0 spiro atoms. The van der Waals surface area contributed by atoms with Gasteiger partial charge in [0.15, 0.2) is 5.78 Å². The lowest BCUT2D eigenvalue weighted by molar-refractivity contribution is -0.0144. The maximum Gasteiger partial charge on any atom is 0.162 e. The van der Waals surface area contributed by atoms with Crippen LogP contribution in [0, 0.1) is 11.8 Å². The molecule has 2 fully saturated rings. The Bertz CT molecular complexity index is 2380. The van der Waals surface area contributed by atoms with Crippen molar-refractivity contribution in [3.63, 3.8) is 0 Å². The summed E-state index contributed by atoms with van der Waals surface area (Å²) in [5.74, 6) is 0.585. The highest BCUT2D eigenvalue weighted by Crippen LogP contribution is 2.43. The van der Waals surface area contributed by atoms with E-state index in [0.717, 1.165) is 112 Å². The predicted octanol–water partition coefficient (Wildman–Crippen LogP) is 13.0. The summed E-state index contributed by atoms with van der Waals surface area (Å²) in [7, 11) is 0. The molecule has 6 heteroatoms. The maximum absolute atomic E-state index is 12.7. The number of nitrogens with zero attached hydrogens (tertiary/aromatic N) is 2. The first-order valence-electron chi connectivity index (χ1n) is 26.2. The molecule has 0 bridgehead atoms. The van der Waals surface area contributed by atoms with Crippen molar-refractivity contribution in [2.75, 3.05) is 39.3 Å². The second kappa shape index (κ2) is 23.8. The van der Waals surface area contributed by atoms with Crippen LogP contribution in [-0.2, 0) is 22.0 Å². The number of Topliss-reactive ketones (excluding diaryl/α,β-unsaturated/α-hetero) is 1. The van der Waals surface area contributed by atoms with Crippen molar-refractivity contribution < 1.29 is 15.0 Å². The number of hydrogen-bond acceptors (Lipinski definition) is 6. The normalized spacial score (nSPS) is 16.3. The van der Waals surface area contributed by atoms with E-state index in [1.807, 2.05) is 109 Å². The zero-order valence-corrected chi connectivity index (χ0v) is 43.1. The van der Waals surface area contributed by atoms with Gasteiger partial charge < -0.3 is 25.7 Å². The summed E-state index contributed by atoms with van der Waals surface area (Å²) in [5, 5.41) is 24.1. The van der Waals surface area contributed by atoms with Gasteiger partial charge in [-0.05, 0) is 146 Å². The molecular formula is C64H81N3O3. The standard InChI is InChI=1S/C32H42N2O.C32H39NO2/c1-31(2,3)26-18-16-25(17-19-26)30(33)15-10-22-34-23-20-29(21-24-34)32(35,27-11-6-4-7-12-27)28-13-8-5-9-14-28;1-31(2,3)26-18-16-25(17-19-26)30(34)15-10-22-33-23-20-29(21-24-33)32(35,27-11-6-4-7-12-27)28-13-8-5-9-14-28/h4-9,11-14,16-19,29-30,35H,10,15,20-24,33H2,1-3H3;4-9,11-14,16-19,29,35H,10,15,20-24H2,1-3H3. The van der Waals surface area contributed by atoms with Gasteiger partial charge in [0, 0.05) is 18.0 Å². The third kappa shape index (κ3) is 13.2. The first-order chi connectivity index (χ1) is 33.6. The number of carbonyl (C=O) groups excluding carboxylic acids is 1. The summed E-state index contributed by atoms with van der Waals surface area (Å²) in [6, 6.07) is 57.6. The highest BCUT2D eigenvalue weighted by Gasteiger charge is 2.43. The fourth-order valence-electron chi connectivity index (χ4n) is 10.9. The van der Waals surface area contributed by atoms with E-state index in [1.54, 1.807) is 0 Å². The number of ketones is 1. The number of rotatable bonds is 16. The number of piperidine rings is 2. The molecule has 2 saturated heterocycles. The summed E-state index contributed by atoms with van der Waals surface area (Å²) in [6.45, 7) is 19.2. The van der Waals surface area contributed by atoms with E-state index in [1.165, 1.54) is 16.7 Å². The molecule has 6 aromatic carbocycles.